The van der Waals surface area contributed by atoms with Crippen LogP contribution in [0.25, 0.3) is 0 Å². The van der Waals surface area contributed by atoms with Crippen molar-refractivity contribution in [2.24, 2.45) is 0 Å². The van der Waals surface area contributed by atoms with Gasteiger partial charge in [-0.3, -0.25) is 9.36 Å². The van der Waals surface area contributed by atoms with Gasteiger partial charge in [-0.15, -0.1) is 0 Å². The first-order valence-electron chi connectivity index (χ1n) is 24.7. The molecule has 344 valence electrons. The molecule has 0 aromatic carbocycles. The van der Waals surface area contributed by atoms with Crippen LogP contribution in [0.1, 0.15) is 232 Å². The number of nitrogens with one attached hydrogen (secondary N) is 1. The minimum absolute atomic E-state index is 0.000960. The molecule has 3 unspecified atom stereocenters. The average Bonchev–Trinajstić information content (AvgIpc) is 3.17. The predicted octanol–water partition coefficient (Wildman–Crippen LogP) is 13.5. The molecule has 0 aromatic rings. The van der Waals surface area contributed by atoms with E-state index in [-0.39, 0.29) is 19.1 Å². The number of hydrogen-bond donors (Lipinski definition) is 2. The number of quaternary nitrogens is 1. The highest BCUT2D eigenvalue weighted by Crippen LogP contribution is 2.38. The maximum Gasteiger partial charge on any atom is 0.268 e. The fourth-order valence-corrected chi connectivity index (χ4v) is 7.94. The van der Waals surface area contributed by atoms with Crippen LogP contribution in [0.3, 0.4) is 0 Å². The molecule has 0 aromatic heterocycles. The van der Waals surface area contributed by atoms with Crippen molar-refractivity contribution in [3.8, 4) is 0 Å². The number of carbonyl (C=O) groups is 1. The number of phosphoric ester groups is 1. The fourth-order valence-electron chi connectivity index (χ4n) is 7.21. The van der Waals surface area contributed by atoms with Crippen molar-refractivity contribution in [3.63, 3.8) is 0 Å². The molecular weight excluding hydrogens is 744 g/mol. The highest BCUT2D eigenvalue weighted by atomic mass is 31.2. The molecule has 0 aliphatic heterocycles. The molecule has 0 fully saturated rings. The number of aliphatic hydroxyl groups is 1. The van der Waals surface area contributed by atoms with Gasteiger partial charge in [0, 0.05) is 6.42 Å². The zero-order valence-electron chi connectivity index (χ0n) is 39.0. The topological polar surface area (TPSA) is 108 Å². The number of rotatable bonds is 45. The number of aliphatic hydroxyl groups excluding tert-OH is 1. The van der Waals surface area contributed by atoms with Crippen LogP contribution >= 0.6 is 7.82 Å². The van der Waals surface area contributed by atoms with Gasteiger partial charge in [0.1, 0.15) is 13.2 Å². The molecule has 3 atom stereocenters. The lowest BCUT2D eigenvalue weighted by atomic mass is 10.0. The Morgan fingerprint density at radius 3 is 1.38 bits per heavy atom. The van der Waals surface area contributed by atoms with E-state index in [2.05, 4.69) is 24.4 Å². The first-order valence-corrected chi connectivity index (χ1v) is 26.2. The fraction of sp³-hybridized carbons (Fsp3) is 0.898. The highest BCUT2D eigenvalue weighted by Gasteiger charge is 2.23. The van der Waals surface area contributed by atoms with Crippen LogP contribution < -0.4 is 10.2 Å². The van der Waals surface area contributed by atoms with Gasteiger partial charge in [-0.2, -0.15) is 0 Å². The summed E-state index contributed by atoms with van der Waals surface area (Å²) in [4.78, 5) is 25.0. The molecule has 0 aliphatic carbocycles. The van der Waals surface area contributed by atoms with Crippen molar-refractivity contribution in [1.29, 1.82) is 0 Å². The van der Waals surface area contributed by atoms with Crippen LogP contribution in [-0.4, -0.2) is 68.5 Å². The summed E-state index contributed by atoms with van der Waals surface area (Å²) in [6, 6.07) is -0.878. The minimum atomic E-state index is -4.56. The first kappa shape index (κ1) is 57.0. The smallest absolute Gasteiger partial charge is 0.268 e. The Labute approximate surface area is 360 Å². The Morgan fingerprint density at radius 2 is 0.983 bits per heavy atom. The summed E-state index contributed by atoms with van der Waals surface area (Å²) in [5.41, 5.74) is 0. The summed E-state index contributed by atoms with van der Waals surface area (Å²) < 4.78 is 22.9. The summed E-state index contributed by atoms with van der Waals surface area (Å²) >= 11 is 0. The largest absolute Gasteiger partial charge is 0.756 e. The Morgan fingerprint density at radius 1 is 0.586 bits per heavy atom. The van der Waals surface area contributed by atoms with Crippen LogP contribution in [0.5, 0.6) is 0 Å². The van der Waals surface area contributed by atoms with Crippen molar-refractivity contribution >= 4 is 13.7 Å². The summed E-state index contributed by atoms with van der Waals surface area (Å²) in [5, 5.41) is 13.4. The van der Waals surface area contributed by atoms with E-state index >= 15 is 0 Å². The van der Waals surface area contributed by atoms with Gasteiger partial charge in [-0.25, -0.2) is 0 Å². The molecule has 0 radical (unpaired) electrons. The molecule has 0 heterocycles. The first-order chi connectivity index (χ1) is 28.0. The number of carbonyl (C=O) groups excluding carboxylic acids is 1. The normalized spacial score (nSPS) is 14.4. The van der Waals surface area contributed by atoms with Crippen LogP contribution in [-0.2, 0) is 18.4 Å². The van der Waals surface area contributed by atoms with Crippen molar-refractivity contribution in [2.75, 3.05) is 40.9 Å². The van der Waals surface area contributed by atoms with Crippen LogP contribution in [0.2, 0.25) is 0 Å². The van der Waals surface area contributed by atoms with E-state index in [9.17, 15) is 19.4 Å². The second-order valence-corrected chi connectivity index (χ2v) is 19.6. The Kier molecular flexibility index (Phi) is 40.6. The third-order valence-electron chi connectivity index (χ3n) is 11.1. The van der Waals surface area contributed by atoms with Crippen LogP contribution in [0.4, 0.5) is 0 Å². The molecule has 0 bridgehead atoms. The zero-order valence-corrected chi connectivity index (χ0v) is 39.9. The summed E-state index contributed by atoms with van der Waals surface area (Å²) in [7, 11) is 1.26. The molecule has 58 heavy (non-hydrogen) atoms. The standard InChI is InChI=1S/C49H97N2O6P/c1-6-8-10-11-12-13-14-15-16-17-18-19-20-21-22-23-24-25-26-27-28-29-30-31-32-33-34-35-36-37-38-39-41-43-49(53)50-47(48(52)42-40-9-7-2)46-57-58(54,55)56-45-44-51(3,4)5/h17-18,40,42,47-48,52H,6-16,19-39,41,43-46H2,1-5H3,(H-,50,53,54,55)/b18-17-,42-40+. The summed E-state index contributed by atoms with van der Waals surface area (Å²) in [6.45, 7) is 4.44. The van der Waals surface area contributed by atoms with E-state index in [0.717, 1.165) is 32.1 Å². The molecule has 0 spiro atoms. The Bertz CT molecular complexity index is 1000. The number of allylic oxidation sites excluding steroid dienone is 3. The van der Waals surface area contributed by atoms with Gasteiger partial charge in [-0.05, 0) is 38.5 Å². The summed E-state index contributed by atoms with van der Waals surface area (Å²) in [5.74, 6) is -0.206. The van der Waals surface area contributed by atoms with Gasteiger partial charge >= 0.3 is 0 Å². The van der Waals surface area contributed by atoms with Gasteiger partial charge in [0.2, 0.25) is 5.91 Å². The van der Waals surface area contributed by atoms with E-state index in [1.165, 1.54) is 180 Å². The van der Waals surface area contributed by atoms with Gasteiger partial charge in [0.25, 0.3) is 7.82 Å². The molecule has 0 rings (SSSR count). The number of phosphoric acid groups is 1. The SMILES string of the molecule is CCC/C=C/C(O)C(COP(=O)([O-])OCC[N+](C)(C)C)NC(=O)CCCCCCCCCCCCCCCCCCCCCCC/C=C\CCCCCCCCCC. The van der Waals surface area contributed by atoms with E-state index in [4.69, 9.17) is 9.05 Å². The minimum Gasteiger partial charge on any atom is -0.756 e. The number of nitrogens with zero attached hydrogens (tertiary/aromatic N) is 1. The van der Waals surface area contributed by atoms with Crippen molar-refractivity contribution in [2.45, 2.75) is 244 Å². The number of amides is 1. The molecule has 1 amide bonds. The lowest BCUT2D eigenvalue weighted by Crippen LogP contribution is -2.45. The number of unbranched alkanes of at least 4 members (excludes halogenated alkanes) is 30. The molecule has 2 N–H and O–H groups in total. The number of likely N-dealkylation sites (N-methyl/N-ethyl adjacent to an activating group) is 1. The zero-order chi connectivity index (χ0) is 42.8. The second kappa shape index (κ2) is 41.3. The second-order valence-electron chi connectivity index (χ2n) is 18.2. The third-order valence-corrected chi connectivity index (χ3v) is 12.1. The van der Waals surface area contributed by atoms with Crippen molar-refractivity contribution in [3.05, 3.63) is 24.3 Å². The van der Waals surface area contributed by atoms with Crippen molar-refractivity contribution in [1.82, 2.24) is 5.32 Å². The van der Waals surface area contributed by atoms with Gasteiger partial charge in [0.15, 0.2) is 0 Å². The summed E-state index contributed by atoms with van der Waals surface area (Å²) in [6.07, 6.45) is 50.8. The van der Waals surface area contributed by atoms with Gasteiger partial charge in [-0.1, -0.05) is 212 Å². The Balaban J connectivity index is 3.67. The highest BCUT2D eigenvalue weighted by molar-refractivity contribution is 7.45. The molecule has 9 heteroatoms. The van der Waals surface area contributed by atoms with E-state index in [1.807, 2.05) is 34.1 Å². The maximum atomic E-state index is 12.7. The lowest BCUT2D eigenvalue weighted by molar-refractivity contribution is -0.870. The average molecular weight is 841 g/mol. The van der Waals surface area contributed by atoms with E-state index in [1.54, 1.807) is 6.08 Å². The lowest BCUT2D eigenvalue weighted by Gasteiger charge is -2.29. The molecule has 0 aliphatic rings. The maximum absolute atomic E-state index is 12.7. The van der Waals surface area contributed by atoms with Crippen LogP contribution in [0.15, 0.2) is 24.3 Å². The molecule has 8 nitrogen and oxygen atoms in total. The molecule has 0 saturated heterocycles. The predicted molar refractivity (Wildman–Crippen MR) is 247 cm³/mol. The van der Waals surface area contributed by atoms with E-state index < -0.39 is 20.0 Å². The monoisotopic (exact) mass is 841 g/mol. The third kappa shape index (κ3) is 43.1. The van der Waals surface area contributed by atoms with E-state index in [0.29, 0.717) is 17.4 Å². The van der Waals surface area contributed by atoms with Crippen LogP contribution in [0, 0.1) is 0 Å². The molecular formula is C49H97N2O6P. The van der Waals surface area contributed by atoms with Crippen molar-refractivity contribution < 1.29 is 32.9 Å². The molecule has 0 saturated carbocycles. The van der Waals surface area contributed by atoms with Gasteiger partial charge in [0.05, 0.1) is 39.9 Å². The van der Waals surface area contributed by atoms with Gasteiger partial charge < -0.3 is 28.8 Å². The Hall–Kier alpha value is -1.02. The quantitative estimate of drug-likeness (QED) is 0.0274. The number of hydrogen-bond acceptors (Lipinski definition) is 6.